The Morgan fingerprint density at radius 3 is 1.78 bits per heavy atom. The highest BCUT2D eigenvalue weighted by Crippen LogP contribution is 2.15. The lowest BCUT2D eigenvalue weighted by Crippen LogP contribution is -2.23. The molecule has 5 heteroatoms. The maximum Gasteiger partial charge on any atom is 0.490 e. The van der Waals surface area contributed by atoms with Crippen LogP contribution in [0.1, 0.15) is 7.43 Å². The predicted molar refractivity (Wildman–Crippen MR) is 24.8 cm³/mol. The van der Waals surface area contributed by atoms with Crippen molar-refractivity contribution in [1.29, 1.82) is 0 Å². The van der Waals surface area contributed by atoms with Gasteiger partial charge in [-0.25, -0.2) is 4.79 Å². The van der Waals surface area contributed by atoms with Gasteiger partial charge in [0.05, 0.1) is 7.11 Å². The molecule has 0 rings (SSSR count). The molecule has 56 valence electrons. The molecule has 0 aromatic heterocycles. The van der Waals surface area contributed by atoms with Crippen molar-refractivity contribution in [2.75, 3.05) is 7.11 Å². The van der Waals surface area contributed by atoms with Gasteiger partial charge >= 0.3 is 12.1 Å². The summed E-state index contributed by atoms with van der Waals surface area (Å²) in [4.78, 5) is 9.49. The molecule has 0 aliphatic carbocycles. The summed E-state index contributed by atoms with van der Waals surface area (Å²) in [7, 11) is 0.676. The van der Waals surface area contributed by atoms with Crippen molar-refractivity contribution in [2.45, 2.75) is 13.6 Å². The maximum absolute atomic E-state index is 11.0. The number of hydrogen-bond donors (Lipinski definition) is 0. The number of esters is 1. The molecule has 0 spiro atoms. The van der Waals surface area contributed by atoms with E-state index in [4.69, 9.17) is 0 Å². The normalized spacial score (nSPS) is 9.78. The van der Waals surface area contributed by atoms with Crippen LogP contribution in [0.15, 0.2) is 0 Å². The number of ether oxygens (including phenoxy) is 1. The van der Waals surface area contributed by atoms with Gasteiger partial charge in [-0.3, -0.25) is 0 Å². The summed E-state index contributed by atoms with van der Waals surface area (Å²) in [6.07, 6.45) is -4.85. The molecule has 0 aliphatic heterocycles. The zero-order valence-electron chi connectivity index (χ0n) is 3.95. The summed E-state index contributed by atoms with van der Waals surface area (Å²) < 4.78 is 36.3. The molecular formula is C4H7F3O2. The van der Waals surface area contributed by atoms with Crippen molar-refractivity contribution < 1.29 is 22.7 Å². The van der Waals surface area contributed by atoms with E-state index < -0.39 is 12.1 Å². The zero-order chi connectivity index (χ0) is 6.78. The smallest absolute Gasteiger partial charge is 0.462 e. The largest absolute Gasteiger partial charge is 0.490 e. The van der Waals surface area contributed by atoms with Gasteiger partial charge < -0.3 is 4.74 Å². The molecule has 0 bridgehead atoms. The van der Waals surface area contributed by atoms with Crippen LogP contribution in [0.2, 0.25) is 0 Å². The Hall–Kier alpha value is -0.740. The average molecular weight is 144 g/mol. The minimum atomic E-state index is -4.85. The third kappa shape index (κ3) is 3.81. The summed E-state index contributed by atoms with van der Waals surface area (Å²) in [5.74, 6) is -2.17. The Balaban J connectivity index is 0. The van der Waals surface area contributed by atoms with E-state index in [0.29, 0.717) is 7.11 Å². The standard InChI is InChI=1S/C3H3F3O2.CH4/c1-8-2(7)3(4,5)6;/h1H3;1H4. The summed E-state index contributed by atoms with van der Waals surface area (Å²) >= 11 is 0. The predicted octanol–water partition coefficient (Wildman–Crippen LogP) is 1.36. The van der Waals surface area contributed by atoms with E-state index in [1.165, 1.54) is 0 Å². The van der Waals surface area contributed by atoms with Crippen molar-refractivity contribution >= 4 is 5.97 Å². The number of rotatable bonds is 0. The van der Waals surface area contributed by atoms with E-state index in [1.807, 2.05) is 0 Å². The first-order valence-electron chi connectivity index (χ1n) is 1.63. The Morgan fingerprint density at radius 2 is 1.78 bits per heavy atom. The monoisotopic (exact) mass is 144 g/mol. The number of carbonyl (C=O) groups is 1. The molecule has 0 N–H and O–H groups in total. The molecule has 0 saturated carbocycles. The first-order chi connectivity index (χ1) is 3.48. The molecule has 0 saturated heterocycles. The highest BCUT2D eigenvalue weighted by Gasteiger charge is 2.39. The topological polar surface area (TPSA) is 26.3 Å². The van der Waals surface area contributed by atoms with Crippen LogP contribution in [0.5, 0.6) is 0 Å². The molecule has 0 unspecified atom stereocenters. The molecule has 0 radical (unpaired) electrons. The Morgan fingerprint density at radius 1 is 1.44 bits per heavy atom. The molecule has 9 heavy (non-hydrogen) atoms. The van der Waals surface area contributed by atoms with Crippen LogP contribution in [0.3, 0.4) is 0 Å². The van der Waals surface area contributed by atoms with Crippen LogP contribution >= 0.6 is 0 Å². The lowest BCUT2D eigenvalue weighted by Gasteiger charge is -1.99. The van der Waals surface area contributed by atoms with Crippen molar-refractivity contribution in [3.8, 4) is 0 Å². The first-order valence-corrected chi connectivity index (χ1v) is 1.63. The van der Waals surface area contributed by atoms with Crippen LogP contribution in [0.4, 0.5) is 13.2 Å². The lowest BCUT2D eigenvalue weighted by molar-refractivity contribution is -0.196. The maximum atomic E-state index is 11.0. The van der Waals surface area contributed by atoms with E-state index in [2.05, 4.69) is 4.74 Å². The van der Waals surface area contributed by atoms with Crippen molar-refractivity contribution in [2.24, 2.45) is 0 Å². The quantitative estimate of drug-likeness (QED) is 0.480. The van der Waals surface area contributed by atoms with E-state index in [-0.39, 0.29) is 7.43 Å². The second kappa shape index (κ2) is 3.32. The third-order valence-electron chi connectivity index (χ3n) is 0.417. The van der Waals surface area contributed by atoms with Gasteiger partial charge in [0.1, 0.15) is 0 Å². The van der Waals surface area contributed by atoms with Crippen LogP contribution in [-0.2, 0) is 9.53 Å². The highest BCUT2D eigenvalue weighted by atomic mass is 19.4. The second-order valence-electron chi connectivity index (χ2n) is 0.989. The van der Waals surface area contributed by atoms with Crippen LogP contribution in [0, 0.1) is 0 Å². The van der Waals surface area contributed by atoms with E-state index in [1.54, 1.807) is 0 Å². The number of methoxy groups -OCH3 is 1. The lowest BCUT2D eigenvalue weighted by atomic mass is 10.7. The SMILES string of the molecule is C.COC(=O)C(F)(F)F. The summed E-state index contributed by atoms with van der Waals surface area (Å²) in [6.45, 7) is 0. The molecule has 2 nitrogen and oxygen atoms in total. The van der Waals surface area contributed by atoms with E-state index >= 15 is 0 Å². The van der Waals surface area contributed by atoms with Crippen LogP contribution < -0.4 is 0 Å². The van der Waals surface area contributed by atoms with Gasteiger partial charge in [0.25, 0.3) is 0 Å². The van der Waals surface area contributed by atoms with E-state index in [0.717, 1.165) is 0 Å². The van der Waals surface area contributed by atoms with Gasteiger partial charge in [0.2, 0.25) is 0 Å². The van der Waals surface area contributed by atoms with Crippen molar-refractivity contribution in [1.82, 2.24) is 0 Å². The van der Waals surface area contributed by atoms with Gasteiger partial charge in [-0.05, 0) is 0 Å². The minimum absolute atomic E-state index is 0. The number of carbonyl (C=O) groups excluding carboxylic acids is 1. The fraction of sp³-hybridized carbons (Fsp3) is 0.750. The number of alkyl halides is 3. The third-order valence-corrected chi connectivity index (χ3v) is 0.417. The second-order valence-corrected chi connectivity index (χ2v) is 0.989. The number of hydrogen-bond acceptors (Lipinski definition) is 2. The van der Waals surface area contributed by atoms with Crippen molar-refractivity contribution in [3.05, 3.63) is 0 Å². The Kier molecular flexibility index (Phi) is 4.10. The Bertz CT molecular complexity index is 96.5. The minimum Gasteiger partial charge on any atom is -0.462 e. The van der Waals surface area contributed by atoms with Crippen LogP contribution in [-0.4, -0.2) is 19.3 Å². The molecule has 0 aliphatic rings. The first kappa shape index (κ1) is 11.1. The molecule has 0 atom stereocenters. The number of halogens is 3. The average Bonchev–Trinajstić information content (AvgIpc) is 1.62. The van der Waals surface area contributed by atoms with Gasteiger partial charge in [-0.1, -0.05) is 7.43 Å². The molecule has 0 aromatic rings. The van der Waals surface area contributed by atoms with Gasteiger partial charge in [0, 0.05) is 0 Å². The molecule has 0 aromatic carbocycles. The fourth-order valence-electron chi connectivity index (χ4n) is 0.116. The zero-order valence-corrected chi connectivity index (χ0v) is 3.95. The summed E-state index contributed by atoms with van der Waals surface area (Å²) in [5, 5.41) is 0. The molecule has 0 fully saturated rings. The van der Waals surface area contributed by atoms with Gasteiger partial charge in [-0.2, -0.15) is 13.2 Å². The molecular weight excluding hydrogens is 137 g/mol. The van der Waals surface area contributed by atoms with Crippen molar-refractivity contribution in [3.63, 3.8) is 0 Å². The fourth-order valence-corrected chi connectivity index (χ4v) is 0.116. The highest BCUT2D eigenvalue weighted by molar-refractivity contribution is 5.75. The van der Waals surface area contributed by atoms with Gasteiger partial charge in [0.15, 0.2) is 0 Å². The molecule has 0 amide bonds. The van der Waals surface area contributed by atoms with Crippen LogP contribution in [0.25, 0.3) is 0 Å². The Labute approximate surface area is 50.6 Å². The van der Waals surface area contributed by atoms with E-state index in [9.17, 15) is 18.0 Å². The summed E-state index contributed by atoms with van der Waals surface area (Å²) in [5.41, 5.74) is 0. The van der Waals surface area contributed by atoms with Gasteiger partial charge in [-0.15, -0.1) is 0 Å². The molecule has 0 heterocycles. The summed E-state index contributed by atoms with van der Waals surface area (Å²) in [6, 6.07) is 0.